The molecule has 1 atom stereocenters. The third-order valence-corrected chi connectivity index (χ3v) is 2.91. The highest BCUT2D eigenvalue weighted by atomic mass is 19.1. The molecule has 5 nitrogen and oxygen atoms in total. The molecule has 0 bridgehead atoms. The van der Waals surface area contributed by atoms with E-state index in [1.54, 1.807) is 12.4 Å². The van der Waals surface area contributed by atoms with Gasteiger partial charge in [-0.2, -0.15) is 0 Å². The molecule has 1 aromatic carbocycles. The number of nitrogens with one attached hydrogen (secondary N) is 1. The quantitative estimate of drug-likeness (QED) is 0.897. The molecule has 0 spiro atoms. The Balaban J connectivity index is 2.28. The molecule has 0 aliphatic rings. The topological polar surface area (TPSA) is 75.1 Å². The van der Waals surface area contributed by atoms with Gasteiger partial charge >= 0.3 is 5.97 Å². The van der Waals surface area contributed by atoms with Gasteiger partial charge in [0.05, 0.1) is 28.7 Å². The van der Waals surface area contributed by atoms with Crippen LogP contribution in [0, 0.1) is 12.7 Å². The fourth-order valence-electron chi connectivity index (χ4n) is 1.91. The molecule has 1 aromatic heterocycles. The van der Waals surface area contributed by atoms with Crippen molar-refractivity contribution < 1.29 is 14.3 Å². The molecule has 1 unspecified atom stereocenters. The zero-order valence-corrected chi connectivity index (χ0v) is 11.1. The average molecular weight is 275 g/mol. The summed E-state index contributed by atoms with van der Waals surface area (Å²) in [6.45, 7) is 3.62. The SMILES string of the molecule is Cc1nccnc1C(C)Nc1cc(C(=O)O)ccc1F. The minimum absolute atomic E-state index is 0.0250. The van der Waals surface area contributed by atoms with Gasteiger partial charge in [0, 0.05) is 12.4 Å². The average Bonchev–Trinajstić information content (AvgIpc) is 2.41. The summed E-state index contributed by atoms with van der Waals surface area (Å²) in [6.07, 6.45) is 3.14. The molecule has 104 valence electrons. The van der Waals surface area contributed by atoms with Crippen molar-refractivity contribution in [2.75, 3.05) is 5.32 Å². The van der Waals surface area contributed by atoms with E-state index in [0.717, 1.165) is 11.8 Å². The molecule has 0 saturated heterocycles. The molecule has 0 saturated carbocycles. The molecule has 0 aliphatic heterocycles. The largest absolute Gasteiger partial charge is 0.478 e. The molecule has 0 amide bonds. The maximum absolute atomic E-state index is 13.7. The van der Waals surface area contributed by atoms with Gasteiger partial charge in [-0.25, -0.2) is 9.18 Å². The number of carbonyl (C=O) groups is 1. The smallest absolute Gasteiger partial charge is 0.335 e. The van der Waals surface area contributed by atoms with Crippen molar-refractivity contribution in [3.63, 3.8) is 0 Å². The van der Waals surface area contributed by atoms with Crippen molar-refractivity contribution in [3.8, 4) is 0 Å². The van der Waals surface area contributed by atoms with Crippen molar-refractivity contribution >= 4 is 11.7 Å². The van der Waals surface area contributed by atoms with Gasteiger partial charge in [0.15, 0.2) is 0 Å². The van der Waals surface area contributed by atoms with Gasteiger partial charge in [-0.1, -0.05) is 0 Å². The third-order valence-electron chi connectivity index (χ3n) is 2.91. The molecular formula is C14H14FN3O2. The molecular weight excluding hydrogens is 261 g/mol. The van der Waals surface area contributed by atoms with Crippen molar-refractivity contribution in [2.45, 2.75) is 19.9 Å². The number of carboxylic acids is 1. The van der Waals surface area contributed by atoms with Gasteiger partial charge in [0.25, 0.3) is 0 Å². The summed E-state index contributed by atoms with van der Waals surface area (Å²) in [5, 5.41) is 11.8. The fourth-order valence-corrected chi connectivity index (χ4v) is 1.91. The van der Waals surface area contributed by atoms with E-state index >= 15 is 0 Å². The van der Waals surface area contributed by atoms with Crippen LogP contribution in [0.5, 0.6) is 0 Å². The first kappa shape index (κ1) is 13.9. The summed E-state index contributed by atoms with van der Waals surface area (Å²) in [5.41, 5.74) is 1.58. The number of hydrogen-bond acceptors (Lipinski definition) is 4. The van der Waals surface area contributed by atoms with Gasteiger partial charge < -0.3 is 10.4 Å². The number of aromatic carboxylic acids is 1. The van der Waals surface area contributed by atoms with Crippen LogP contribution >= 0.6 is 0 Å². The number of benzene rings is 1. The van der Waals surface area contributed by atoms with Crippen LogP contribution in [0.3, 0.4) is 0 Å². The minimum Gasteiger partial charge on any atom is -0.478 e. The lowest BCUT2D eigenvalue weighted by Gasteiger charge is -2.16. The van der Waals surface area contributed by atoms with E-state index in [9.17, 15) is 9.18 Å². The van der Waals surface area contributed by atoms with Crippen LogP contribution in [-0.2, 0) is 0 Å². The van der Waals surface area contributed by atoms with Crippen molar-refractivity contribution in [3.05, 3.63) is 53.4 Å². The minimum atomic E-state index is -1.10. The molecule has 2 N–H and O–H groups in total. The number of aryl methyl sites for hydroxylation is 1. The van der Waals surface area contributed by atoms with E-state index in [2.05, 4.69) is 15.3 Å². The third kappa shape index (κ3) is 2.90. The molecule has 1 heterocycles. The summed E-state index contributed by atoms with van der Waals surface area (Å²) in [4.78, 5) is 19.2. The van der Waals surface area contributed by atoms with Crippen LogP contribution in [0.15, 0.2) is 30.6 Å². The summed E-state index contributed by atoms with van der Waals surface area (Å²) in [6, 6.07) is 3.32. The Hall–Kier alpha value is -2.50. The Morgan fingerprint density at radius 1 is 1.35 bits per heavy atom. The van der Waals surface area contributed by atoms with Gasteiger partial charge in [0.1, 0.15) is 5.82 Å². The second-order valence-corrected chi connectivity index (χ2v) is 4.39. The first-order chi connectivity index (χ1) is 9.49. The molecule has 0 radical (unpaired) electrons. The van der Waals surface area contributed by atoms with Crippen LogP contribution in [0.2, 0.25) is 0 Å². The summed E-state index contributed by atoms with van der Waals surface area (Å²) < 4.78 is 13.7. The zero-order valence-electron chi connectivity index (χ0n) is 11.1. The molecule has 6 heteroatoms. The first-order valence-electron chi connectivity index (χ1n) is 6.06. The highest BCUT2D eigenvalue weighted by Gasteiger charge is 2.14. The lowest BCUT2D eigenvalue weighted by Crippen LogP contribution is -2.12. The molecule has 0 aliphatic carbocycles. The Morgan fingerprint density at radius 2 is 2.05 bits per heavy atom. The second kappa shape index (κ2) is 5.64. The number of halogens is 1. The van der Waals surface area contributed by atoms with E-state index in [0.29, 0.717) is 5.69 Å². The second-order valence-electron chi connectivity index (χ2n) is 4.39. The van der Waals surface area contributed by atoms with Gasteiger partial charge in [0.2, 0.25) is 0 Å². The van der Waals surface area contributed by atoms with Gasteiger partial charge in [-0.05, 0) is 32.0 Å². The highest BCUT2D eigenvalue weighted by molar-refractivity contribution is 5.88. The van der Waals surface area contributed by atoms with E-state index in [1.165, 1.54) is 12.1 Å². The molecule has 20 heavy (non-hydrogen) atoms. The molecule has 2 aromatic rings. The van der Waals surface area contributed by atoms with Crippen LogP contribution in [0.1, 0.15) is 34.7 Å². The van der Waals surface area contributed by atoms with Crippen molar-refractivity contribution in [2.24, 2.45) is 0 Å². The predicted octanol–water partition coefficient (Wildman–Crippen LogP) is 2.80. The summed E-state index contributed by atoms with van der Waals surface area (Å²) in [5.74, 6) is -1.61. The number of anilines is 1. The maximum Gasteiger partial charge on any atom is 0.335 e. The van der Waals surface area contributed by atoms with E-state index < -0.39 is 11.8 Å². The van der Waals surface area contributed by atoms with E-state index in [-0.39, 0.29) is 17.3 Å². The Labute approximate surface area is 115 Å². The van der Waals surface area contributed by atoms with Gasteiger partial charge in [-0.15, -0.1) is 0 Å². The predicted molar refractivity (Wildman–Crippen MR) is 72.2 cm³/mol. The van der Waals surface area contributed by atoms with E-state index in [1.807, 2.05) is 13.8 Å². The maximum atomic E-state index is 13.7. The fraction of sp³-hybridized carbons (Fsp3) is 0.214. The number of rotatable bonds is 4. The van der Waals surface area contributed by atoms with Crippen LogP contribution in [0.25, 0.3) is 0 Å². The highest BCUT2D eigenvalue weighted by Crippen LogP contribution is 2.22. The van der Waals surface area contributed by atoms with Crippen LogP contribution < -0.4 is 5.32 Å². The van der Waals surface area contributed by atoms with Crippen molar-refractivity contribution in [1.29, 1.82) is 0 Å². The molecule has 2 rings (SSSR count). The van der Waals surface area contributed by atoms with Crippen molar-refractivity contribution in [1.82, 2.24) is 9.97 Å². The Bertz CT molecular complexity index is 646. The zero-order chi connectivity index (χ0) is 14.7. The normalized spacial score (nSPS) is 11.9. The number of nitrogens with zero attached hydrogens (tertiary/aromatic N) is 2. The van der Waals surface area contributed by atoms with Crippen LogP contribution in [0.4, 0.5) is 10.1 Å². The lowest BCUT2D eigenvalue weighted by molar-refractivity contribution is 0.0697. The number of hydrogen-bond donors (Lipinski definition) is 2. The number of aromatic nitrogens is 2. The summed E-state index contributed by atoms with van der Waals surface area (Å²) in [7, 11) is 0. The standard InChI is InChI=1S/C14H14FN3O2/c1-8-13(17-6-5-16-8)9(2)18-12-7-10(14(19)20)3-4-11(12)15/h3-7,9,18H,1-2H3,(H,19,20). The van der Waals surface area contributed by atoms with Crippen LogP contribution in [-0.4, -0.2) is 21.0 Å². The Morgan fingerprint density at radius 3 is 2.70 bits per heavy atom. The van der Waals surface area contributed by atoms with E-state index in [4.69, 9.17) is 5.11 Å². The Kier molecular flexibility index (Phi) is 3.93. The first-order valence-corrected chi connectivity index (χ1v) is 6.06. The monoisotopic (exact) mass is 275 g/mol. The van der Waals surface area contributed by atoms with Gasteiger partial charge in [-0.3, -0.25) is 9.97 Å². The molecule has 0 fully saturated rings. The lowest BCUT2D eigenvalue weighted by atomic mass is 10.1. The summed E-state index contributed by atoms with van der Waals surface area (Å²) >= 11 is 0. The number of carboxylic acid groups (broad SMARTS) is 1.